The maximum absolute atomic E-state index is 11.7. The topological polar surface area (TPSA) is 122 Å². The van der Waals surface area contributed by atoms with Gasteiger partial charge in [-0.2, -0.15) is 5.26 Å². The van der Waals surface area contributed by atoms with E-state index in [1.54, 1.807) is 6.07 Å². The van der Waals surface area contributed by atoms with Gasteiger partial charge in [0.2, 0.25) is 0 Å². The number of hydrogen-bond acceptors (Lipinski definition) is 6. The molecular formula is C14H13N3O5. The van der Waals surface area contributed by atoms with Crippen molar-refractivity contribution in [3.8, 4) is 6.07 Å². The summed E-state index contributed by atoms with van der Waals surface area (Å²) in [4.78, 5) is 33.2. The van der Waals surface area contributed by atoms with E-state index in [4.69, 9.17) is 10.00 Å². The number of amides is 1. The molecule has 1 aromatic carbocycles. The first-order valence-corrected chi connectivity index (χ1v) is 6.57. The van der Waals surface area contributed by atoms with Crippen LogP contribution in [-0.2, 0) is 14.3 Å². The predicted octanol–water partition coefficient (Wildman–Crippen LogP) is 1.60. The number of esters is 1. The number of carbonyl (C=O) groups is 2. The highest BCUT2D eigenvalue weighted by molar-refractivity contribution is 5.94. The SMILES string of the molecule is C[C@H]1C[C@@H]1C(=O)OCC(=O)Nc1ccc([N+](=O)[O-])cc1C#N. The molecule has 1 aliphatic rings. The van der Waals surface area contributed by atoms with E-state index in [9.17, 15) is 19.7 Å². The number of hydrogen-bond donors (Lipinski definition) is 1. The van der Waals surface area contributed by atoms with E-state index in [1.165, 1.54) is 12.1 Å². The average molecular weight is 303 g/mol. The molecule has 0 aliphatic heterocycles. The van der Waals surface area contributed by atoms with Crippen molar-refractivity contribution in [3.63, 3.8) is 0 Å². The molecule has 1 saturated carbocycles. The zero-order valence-corrected chi connectivity index (χ0v) is 11.7. The number of nitrogens with zero attached hydrogens (tertiary/aromatic N) is 2. The highest BCUT2D eigenvalue weighted by Gasteiger charge is 2.40. The highest BCUT2D eigenvalue weighted by atomic mass is 16.6. The molecule has 0 spiro atoms. The third-order valence-corrected chi connectivity index (χ3v) is 3.37. The smallest absolute Gasteiger partial charge is 0.309 e. The van der Waals surface area contributed by atoms with E-state index in [2.05, 4.69) is 5.32 Å². The molecule has 8 heteroatoms. The Morgan fingerprint density at radius 3 is 2.77 bits per heavy atom. The van der Waals surface area contributed by atoms with Gasteiger partial charge in [0.05, 0.1) is 22.1 Å². The zero-order valence-electron chi connectivity index (χ0n) is 11.7. The number of carbonyl (C=O) groups excluding carboxylic acids is 2. The number of nitriles is 1. The Morgan fingerprint density at radius 2 is 2.23 bits per heavy atom. The second kappa shape index (κ2) is 6.22. The largest absolute Gasteiger partial charge is 0.455 e. The van der Waals surface area contributed by atoms with E-state index in [-0.39, 0.29) is 28.8 Å². The van der Waals surface area contributed by atoms with Gasteiger partial charge in [0.1, 0.15) is 6.07 Å². The maximum Gasteiger partial charge on any atom is 0.309 e. The second-order valence-corrected chi connectivity index (χ2v) is 5.07. The summed E-state index contributed by atoms with van der Waals surface area (Å²) in [5, 5.41) is 22.0. The van der Waals surface area contributed by atoms with Crippen LogP contribution in [0.25, 0.3) is 0 Å². The van der Waals surface area contributed by atoms with Crippen LogP contribution in [0.2, 0.25) is 0 Å². The minimum atomic E-state index is -0.634. The molecular weight excluding hydrogens is 290 g/mol. The van der Waals surface area contributed by atoms with Crippen LogP contribution in [0, 0.1) is 33.3 Å². The summed E-state index contributed by atoms with van der Waals surface area (Å²) in [7, 11) is 0. The van der Waals surface area contributed by atoms with Crippen molar-refractivity contribution in [2.45, 2.75) is 13.3 Å². The van der Waals surface area contributed by atoms with Crippen molar-refractivity contribution in [2.75, 3.05) is 11.9 Å². The van der Waals surface area contributed by atoms with Crippen LogP contribution < -0.4 is 5.32 Å². The Morgan fingerprint density at radius 1 is 1.55 bits per heavy atom. The molecule has 0 unspecified atom stereocenters. The summed E-state index contributed by atoms with van der Waals surface area (Å²) in [6, 6.07) is 5.27. The standard InChI is InChI=1S/C14H13N3O5/c1-8-4-11(8)14(19)22-7-13(18)16-12-3-2-10(17(20)21)5-9(12)6-15/h2-3,5,8,11H,4,7H2,1H3,(H,16,18)/t8-,11-/m0/s1. The molecule has 2 rings (SSSR count). The zero-order chi connectivity index (χ0) is 16.3. The maximum atomic E-state index is 11.7. The number of ether oxygens (including phenoxy) is 1. The van der Waals surface area contributed by atoms with Crippen LogP contribution in [0.5, 0.6) is 0 Å². The van der Waals surface area contributed by atoms with Crippen LogP contribution in [0.4, 0.5) is 11.4 Å². The van der Waals surface area contributed by atoms with Crippen LogP contribution in [0.1, 0.15) is 18.9 Å². The number of nitro benzene ring substituents is 1. The fourth-order valence-electron chi connectivity index (χ4n) is 1.93. The van der Waals surface area contributed by atoms with E-state index >= 15 is 0 Å². The number of nitrogens with one attached hydrogen (secondary N) is 1. The Kier molecular flexibility index (Phi) is 4.36. The lowest BCUT2D eigenvalue weighted by molar-refractivity contribution is -0.384. The summed E-state index contributed by atoms with van der Waals surface area (Å²) in [5.41, 5.74) is -0.151. The molecule has 1 aromatic rings. The van der Waals surface area contributed by atoms with Gasteiger partial charge < -0.3 is 10.1 Å². The van der Waals surface area contributed by atoms with Crippen molar-refractivity contribution < 1.29 is 19.2 Å². The number of anilines is 1. The number of rotatable bonds is 5. The molecule has 1 aliphatic carbocycles. The van der Waals surface area contributed by atoms with Crippen LogP contribution >= 0.6 is 0 Å². The first-order chi connectivity index (χ1) is 10.4. The summed E-state index contributed by atoms with van der Waals surface area (Å²) in [6.07, 6.45) is 0.765. The van der Waals surface area contributed by atoms with Gasteiger partial charge >= 0.3 is 5.97 Å². The first kappa shape index (κ1) is 15.4. The molecule has 1 N–H and O–H groups in total. The monoisotopic (exact) mass is 303 g/mol. The van der Waals surface area contributed by atoms with Crippen LogP contribution in [0.3, 0.4) is 0 Å². The molecule has 0 bridgehead atoms. The Labute approximate surface area is 125 Å². The molecule has 1 fully saturated rings. The van der Waals surface area contributed by atoms with Gasteiger partial charge in [0.15, 0.2) is 6.61 Å². The lowest BCUT2D eigenvalue weighted by atomic mass is 10.1. The average Bonchev–Trinajstić information content (AvgIpc) is 3.22. The minimum absolute atomic E-state index is 0.0373. The van der Waals surface area contributed by atoms with Crippen LogP contribution in [0.15, 0.2) is 18.2 Å². The summed E-state index contributed by atoms with van der Waals surface area (Å²) in [6.45, 7) is 1.46. The van der Waals surface area contributed by atoms with Crippen molar-refractivity contribution in [3.05, 3.63) is 33.9 Å². The number of non-ortho nitro benzene ring substituents is 1. The molecule has 0 radical (unpaired) electrons. The quantitative estimate of drug-likeness (QED) is 0.501. The predicted molar refractivity (Wildman–Crippen MR) is 74.7 cm³/mol. The van der Waals surface area contributed by atoms with Gasteiger partial charge in [-0.1, -0.05) is 6.92 Å². The molecule has 0 heterocycles. The van der Waals surface area contributed by atoms with E-state index < -0.39 is 23.4 Å². The van der Waals surface area contributed by atoms with E-state index in [0.717, 1.165) is 12.5 Å². The molecule has 114 valence electrons. The summed E-state index contributed by atoms with van der Waals surface area (Å²) >= 11 is 0. The molecule has 1 amide bonds. The molecule has 0 saturated heterocycles. The first-order valence-electron chi connectivity index (χ1n) is 6.57. The lowest BCUT2D eigenvalue weighted by Crippen LogP contribution is -2.22. The van der Waals surface area contributed by atoms with Gasteiger partial charge in [-0.25, -0.2) is 0 Å². The fraction of sp³-hybridized carbons (Fsp3) is 0.357. The second-order valence-electron chi connectivity index (χ2n) is 5.07. The van der Waals surface area contributed by atoms with Crippen molar-refractivity contribution in [1.29, 1.82) is 5.26 Å². The van der Waals surface area contributed by atoms with Gasteiger partial charge in [-0.05, 0) is 18.4 Å². The van der Waals surface area contributed by atoms with Gasteiger partial charge in [-0.3, -0.25) is 19.7 Å². The molecule has 0 aromatic heterocycles. The van der Waals surface area contributed by atoms with Crippen molar-refractivity contribution >= 4 is 23.3 Å². The third kappa shape index (κ3) is 3.58. The van der Waals surface area contributed by atoms with Crippen molar-refractivity contribution in [2.24, 2.45) is 11.8 Å². The molecule has 2 atom stereocenters. The Balaban J connectivity index is 1.95. The van der Waals surface area contributed by atoms with Crippen LogP contribution in [-0.4, -0.2) is 23.4 Å². The van der Waals surface area contributed by atoms with Gasteiger partial charge in [-0.15, -0.1) is 0 Å². The van der Waals surface area contributed by atoms with E-state index in [0.29, 0.717) is 0 Å². The third-order valence-electron chi connectivity index (χ3n) is 3.37. The molecule has 22 heavy (non-hydrogen) atoms. The fourth-order valence-corrected chi connectivity index (χ4v) is 1.93. The molecule has 8 nitrogen and oxygen atoms in total. The van der Waals surface area contributed by atoms with E-state index in [1.807, 2.05) is 6.92 Å². The number of benzene rings is 1. The normalized spacial score (nSPS) is 18.9. The lowest BCUT2D eigenvalue weighted by Gasteiger charge is -2.07. The summed E-state index contributed by atoms with van der Waals surface area (Å²) in [5.74, 6) is -0.865. The minimum Gasteiger partial charge on any atom is -0.455 e. The van der Waals surface area contributed by atoms with Gasteiger partial charge in [0.25, 0.3) is 11.6 Å². The summed E-state index contributed by atoms with van der Waals surface area (Å²) < 4.78 is 4.86. The Hall–Kier alpha value is -2.95. The van der Waals surface area contributed by atoms with Crippen molar-refractivity contribution in [1.82, 2.24) is 0 Å². The Bertz CT molecular complexity index is 680. The number of nitro groups is 1. The van der Waals surface area contributed by atoms with Gasteiger partial charge in [0, 0.05) is 12.1 Å². The highest BCUT2D eigenvalue weighted by Crippen LogP contribution is 2.38.